The second kappa shape index (κ2) is 11.4. The first-order valence-electron chi connectivity index (χ1n) is 9.50. The Kier molecular flexibility index (Phi) is 9.21. The van der Waals surface area contributed by atoms with Crippen LogP contribution in [0.4, 0.5) is 0 Å². The van der Waals surface area contributed by atoms with Crippen molar-refractivity contribution in [1.29, 1.82) is 0 Å². The maximum absolute atomic E-state index is 12.7. The van der Waals surface area contributed by atoms with Gasteiger partial charge in [-0.3, -0.25) is 4.79 Å². The highest BCUT2D eigenvalue weighted by atomic mass is 79.9. The SMILES string of the molecule is CCCCCCCNC(=O)CC(NS(=O)(=O)c1ccc(Br)cc1)c1ccco1. The first kappa shape index (κ1) is 22.6. The Morgan fingerprint density at radius 3 is 2.46 bits per heavy atom. The van der Waals surface area contributed by atoms with Gasteiger partial charge in [0.2, 0.25) is 15.9 Å². The molecule has 8 heteroatoms. The van der Waals surface area contributed by atoms with Crippen molar-refractivity contribution in [2.24, 2.45) is 0 Å². The van der Waals surface area contributed by atoms with Crippen LogP contribution in [0.25, 0.3) is 0 Å². The number of unbranched alkanes of at least 4 members (excludes halogenated alkanes) is 4. The molecule has 0 aliphatic heterocycles. The third-order valence-corrected chi connectivity index (χ3v) is 6.32. The number of halogens is 1. The lowest BCUT2D eigenvalue weighted by Gasteiger charge is -2.17. The predicted octanol–water partition coefficient (Wildman–Crippen LogP) is 4.54. The molecule has 1 aromatic carbocycles. The molecule has 0 fully saturated rings. The molecule has 1 atom stereocenters. The molecule has 0 aliphatic rings. The highest BCUT2D eigenvalue weighted by Crippen LogP contribution is 2.22. The smallest absolute Gasteiger partial charge is 0.241 e. The van der Waals surface area contributed by atoms with Crippen LogP contribution in [0.15, 0.2) is 56.4 Å². The van der Waals surface area contributed by atoms with Crippen LogP contribution in [0.5, 0.6) is 0 Å². The van der Waals surface area contributed by atoms with Crippen molar-refractivity contribution in [1.82, 2.24) is 10.0 Å². The molecule has 0 aliphatic carbocycles. The molecule has 154 valence electrons. The van der Waals surface area contributed by atoms with Gasteiger partial charge in [-0.15, -0.1) is 0 Å². The van der Waals surface area contributed by atoms with Crippen LogP contribution in [0.2, 0.25) is 0 Å². The highest BCUT2D eigenvalue weighted by Gasteiger charge is 2.25. The van der Waals surface area contributed by atoms with Gasteiger partial charge in [0, 0.05) is 11.0 Å². The number of benzene rings is 1. The van der Waals surface area contributed by atoms with Crippen LogP contribution >= 0.6 is 15.9 Å². The molecule has 1 heterocycles. The Morgan fingerprint density at radius 1 is 1.11 bits per heavy atom. The molecule has 2 rings (SSSR count). The van der Waals surface area contributed by atoms with Gasteiger partial charge in [0.25, 0.3) is 0 Å². The van der Waals surface area contributed by atoms with E-state index in [4.69, 9.17) is 4.42 Å². The van der Waals surface area contributed by atoms with Crippen molar-refractivity contribution in [2.45, 2.75) is 56.4 Å². The van der Waals surface area contributed by atoms with Gasteiger partial charge in [0.1, 0.15) is 5.76 Å². The maximum atomic E-state index is 12.7. The Morgan fingerprint density at radius 2 is 1.82 bits per heavy atom. The number of carbonyl (C=O) groups is 1. The first-order chi connectivity index (χ1) is 13.4. The molecular weight excluding hydrogens is 444 g/mol. The molecule has 2 N–H and O–H groups in total. The van der Waals surface area contributed by atoms with E-state index < -0.39 is 16.1 Å². The number of furan rings is 1. The lowest BCUT2D eigenvalue weighted by Crippen LogP contribution is -2.34. The van der Waals surface area contributed by atoms with Crippen LogP contribution in [0.3, 0.4) is 0 Å². The number of amides is 1. The van der Waals surface area contributed by atoms with E-state index in [0.29, 0.717) is 12.3 Å². The molecule has 28 heavy (non-hydrogen) atoms. The molecule has 2 aromatic rings. The summed E-state index contributed by atoms with van der Waals surface area (Å²) in [7, 11) is -3.79. The van der Waals surface area contributed by atoms with E-state index in [1.165, 1.54) is 31.2 Å². The van der Waals surface area contributed by atoms with Gasteiger partial charge < -0.3 is 9.73 Å². The number of rotatable bonds is 12. The molecule has 1 aromatic heterocycles. The van der Waals surface area contributed by atoms with Gasteiger partial charge in [-0.2, -0.15) is 4.72 Å². The van der Waals surface area contributed by atoms with E-state index in [-0.39, 0.29) is 17.2 Å². The third kappa shape index (κ3) is 7.41. The standard InChI is InChI=1S/C20H27BrN2O4S/c1-2-3-4-5-6-13-22-20(24)15-18(19-8-7-14-27-19)23-28(25,26)17-11-9-16(21)10-12-17/h7-12,14,18,23H,2-6,13,15H2,1H3,(H,22,24). The zero-order valence-corrected chi connectivity index (χ0v) is 18.4. The van der Waals surface area contributed by atoms with Crippen LogP contribution in [-0.2, 0) is 14.8 Å². The summed E-state index contributed by atoms with van der Waals surface area (Å²) >= 11 is 3.29. The van der Waals surface area contributed by atoms with Crippen molar-refractivity contribution in [3.8, 4) is 0 Å². The molecule has 0 radical (unpaired) electrons. The number of hydrogen-bond acceptors (Lipinski definition) is 4. The van der Waals surface area contributed by atoms with Crippen LogP contribution < -0.4 is 10.0 Å². The third-order valence-electron chi connectivity index (χ3n) is 4.30. The number of sulfonamides is 1. The maximum Gasteiger partial charge on any atom is 0.241 e. The zero-order chi connectivity index (χ0) is 20.4. The fourth-order valence-electron chi connectivity index (χ4n) is 2.77. The largest absolute Gasteiger partial charge is 0.468 e. The Labute approximate surface area is 175 Å². The average Bonchev–Trinajstić information content (AvgIpc) is 3.19. The van der Waals surface area contributed by atoms with Gasteiger partial charge in [0.15, 0.2) is 0 Å². The van der Waals surface area contributed by atoms with E-state index in [2.05, 4.69) is 32.9 Å². The van der Waals surface area contributed by atoms with Crippen molar-refractivity contribution in [2.75, 3.05) is 6.54 Å². The lowest BCUT2D eigenvalue weighted by molar-refractivity contribution is -0.121. The molecule has 1 amide bonds. The van der Waals surface area contributed by atoms with E-state index in [0.717, 1.165) is 23.7 Å². The summed E-state index contributed by atoms with van der Waals surface area (Å²) in [5, 5.41) is 2.86. The van der Waals surface area contributed by atoms with E-state index in [9.17, 15) is 13.2 Å². The van der Waals surface area contributed by atoms with E-state index >= 15 is 0 Å². The number of carbonyl (C=O) groups excluding carboxylic acids is 1. The fourth-order valence-corrected chi connectivity index (χ4v) is 4.24. The number of nitrogens with one attached hydrogen (secondary N) is 2. The number of hydrogen-bond donors (Lipinski definition) is 2. The minimum Gasteiger partial charge on any atom is -0.468 e. The predicted molar refractivity (Wildman–Crippen MR) is 112 cm³/mol. The second-order valence-corrected chi connectivity index (χ2v) is 9.24. The van der Waals surface area contributed by atoms with Crippen molar-refractivity contribution in [3.05, 3.63) is 52.9 Å². The first-order valence-corrected chi connectivity index (χ1v) is 11.8. The zero-order valence-electron chi connectivity index (χ0n) is 16.0. The minimum absolute atomic E-state index is 0.0295. The van der Waals surface area contributed by atoms with Crippen molar-refractivity contribution < 1.29 is 17.6 Å². The molecule has 0 saturated carbocycles. The van der Waals surface area contributed by atoms with Gasteiger partial charge in [0.05, 0.1) is 23.6 Å². The fraction of sp³-hybridized carbons (Fsp3) is 0.450. The summed E-state index contributed by atoms with van der Waals surface area (Å²) in [5.74, 6) is 0.189. The minimum atomic E-state index is -3.79. The van der Waals surface area contributed by atoms with Crippen molar-refractivity contribution >= 4 is 31.9 Å². The topological polar surface area (TPSA) is 88.4 Å². The van der Waals surface area contributed by atoms with E-state index in [1.54, 1.807) is 24.3 Å². The quantitative estimate of drug-likeness (QED) is 0.445. The summed E-state index contributed by atoms with van der Waals surface area (Å²) in [6.07, 6.45) is 6.96. The van der Waals surface area contributed by atoms with Crippen LogP contribution in [-0.4, -0.2) is 20.9 Å². The van der Waals surface area contributed by atoms with E-state index in [1.807, 2.05) is 0 Å². The summed E-state index contributed by atoms with van der Waals surface area (Å²) < 4.78 is 34.1. The van der Waals surface area contributed by atoms with Crippen LogP contribution in [0, 0.1) is 0 Å². The molecule has 0 bridgehead atoms. The highest BCUT2D eigenvalue weighted by molar-refractivity contribution is 9.10. The monoisotopic (exact) mass is 470 g/mol. The molecule has 0 spiro atoms. The second-order valence-electron chi connectivity index (χ2n) is 6.61. The Bertz CT molecular complexity index is 820. The summed E-state index contributed by atoms with van der Waals surface area (Å²) in [4.78, 5) is 12.4. The Hall–Kier alpha value is -1.64. The Balaban J connectivity index is 1.97. The molecule has 6 nitrogen and oxygen atoms in total. The summed E-state index contributed by atoms with van der Waals surface area (Å²) in [6.45, 7) is 2.75. The normalized spacial score (nSPS) is 12.6. The average molecular weight is 471 g/mol. The molecular formula is C20H27BrN2O4S. The van der Waals surface area contributed by atoms with Crippen LogP contribution in [0.1, 0.15) is 57.3 Å². The van der Waals surface area contributed by atoms with Gasteiger partial charge in [-0.25, -0.2) is 8.42 Å². The van der Waals surface area contributed by atoms with Gasteiger partial charge in [-0.05, 0) is 42.8 Å². The van der Waals surface area contributed by atoms with Gasteiger partial charge >= 0.3 is 0 Å². The lowest BCUT2D eigenvalue weighted by atomic mass is 10.1. The van der Waals surface area contributed by atoms with Gasteiger partial charge in [-0.1, -0.05) is 48.5 Å². The molecule has 0 saturated heterocycles. The summed E-state index contributed by atoms with van der Waals surface area (Å²) in [5.41, 5.74) is 0. The molecule has 1 unspecified atom stereocenters. The summed E-state index contributed by atoms with van der Waals surface area (Å²) in [6, 6.07) is 8.87. The van der Waals surface area contributed by atoms with Crippen molar-refractivity contribution in [3.63, 3.8) is 0 Å².